The molecule has 2 fully saturated rings. The van der Waals surface area contributed by atoms with Gasteiger partial charge in [-0.15, -0.1) is 0 Å². The smallest absolute Gasteiger partial charge is 0.410 e. The zero-order valence-corrected chi connectivity index (χ0v) is 24.4. The second kappa shape index (κ2) is 13.2. The van der Waals surface area contributed by atoms with Crippen LogP contribution in [0.25, 0.3) is 5.69 Å². The monoisotopic (exact) mass is 584 g/mol. The number of halogens is 1. The molecule has 0 saturated carbocycles. The number of carbonyl (C=O) groups is 1. The van der Waals surface area contributed by atoms with Crippen LogP contribution in [0.5, 0.6) is 5.75 Å². The third-order valence-corrected chi connectivity index (χ3v) is 8.03. The highest BCUT2D eigenvalue weighted by Crippen LogP contribution is 2.27. The minimum absolute atomic E-state index is 0.0371. The molecule has 2 aliphatic rings. The number of ether oxygens (including phenoxy) is 2. The molecule has 43 heavy (non-hydrogen) atoms. The summed E-state index contributed by atoms with van der Waals surface area (Å²) in [5, 5.41) is 4.89. The SMILES string of the molecule is C[C@H]1CN(Cc2ccn(-c3cccnc3N3CCC(Oc4cccc(F)c4)CC3)n2)CCN1C(=O)OCc1ccccc1. The van der Waals surface area contributed by atoms with Crippen molar-refractivity contribution in [1.29, 1.82) is 0 Å². The number of hydrogen-bond acceptors (Lipinski definition) is 7. The van der Waals surface area contributed by atoms with Crippen molar-refractivity contribution in [3.05, 3.63) is 102 Å². The van der Waals surface area contributed by atoms with E-state index in [1.165, 1.54) is 12.1 Å². The third-order valence-electron chi connectivity index (χ3n) is 8.03. The molecule has 6 rings (SSSR count). The first-order valence-electron chi connectivity index (χ1n) is 14.9. The molecular formula is C33H37FN6O3. The van der Waals surface area contributed by atoms with Crippen molar-refractivity contribution in [2.24, 2.45) is 0 Å². The van der Waals surface area contributed by atoms with Gasteiger partial charge in [-0.1, -0.05) is 36.4 Å². The Balaban J connectivity index is 1.02. The molecule has 10 heteroatoms. The summed E-state index contributed by atoms with van der Waals surface area (Å²) in [7, 11) is 0. The van der Waals surface area contributed by atoms with Gasteiger partial charge in [-0.05, 0) is 42.8 Å². The number of anilines is 1. The van der Waals surface area contributed by atoms with Gasteiger partial charge in [0.05, 0.1) is 5.69 Å². The molecule has 0 N–H and O–H groups in total. The molecule has 4 aromatic rings. The van der Waals surface area contributed by atoms with Crippen LogP contribution in [0.1, 0.15) is 31.0 Å². The van der Waals surface area contributed by atoms with E-state index in [0.29, 0.717) is 18.8 Å². The lowest BCUT2D eigenvalue weighted by Gasteiger charge is -2.38. The molecule has 0 bridgehead atoms. The molecule has 1 atom stereocenters. The summed E-state index contributed by atoms with van der Waals surface area (Å²) in [5.41, 5.74) is 2.87. The third kappa shape index (κ3) is 7.14. The normalized spacial score (nSPS) is 18.0. The number of benzene rings is 2. The average Bonchev–Trinajstić information content (AvgIpc) is 3.49. The fourth-order valence-electron chi connectivity index (χ4n) is 5.79. The number of aromatic nitrogens is 3. The Labute approximate surface area is 251 Å². The summed E-state index contributed by atoms with van der Waals surface area (Å²) in [6.07, 6.45) is 5.20. The standard InChI is InChI=1S/C33H37FN6O3/c1-25-22-37(19-20-39(25)33(41)42-24-26-7-3-2-4-8-26)23-28-12-18-40(36-28)31-11-6-15-35-32(31)38-16-13-29(14-17-38)43-30-10-5-9-27(34)21-30/h2-12,15,18,21,25,29H,13-14,16-17,19-20,22-24H2,1H3/t25-/m0/s1. The van der Waals surface area contributed by atoms with Crippen molar-refractivity contribution in [2.75, 3.05) is 37.6 Å². The number of rotatable bonds is 8. The van der Waals surface area contributed by atoms with Gasteiger partial charge in [0.2, 0.25) is 0 Å². The fourth-order valence-corrected chi connectivity index (χ4v) is 5.79. The van der Waals surface area contributed by atoms with Crippen LogP contribution in [0.15, 0.2) is 85.2 Å². The highest BCUT2D eigenvalue weighted by molar-refractivity contribution is 5.68. The molecule has 2 saturated heterocycles. The van der Waals surface area contributed by atoms with E-state index in [9.17, 15) is 9.18 Å². The van der Waals surface area contributed by atoms with Gasteiger partial charge in [-0.3, -0.25) is 4.90 Å². The van der Waals surface area contributed by atoms with E-state index < -0.39 is 0 Å². The summed E-state index contributed by atoms with van der Waals surface area (Å²) in [4.78, 5) is 23.8. The van der Waals surface area contributed by atoms with Gasteiger partial charge in [-0.25, -0.2) is 18.9 Å². The van der Waals surface area contributed by atoms with Crippen molar-refractivity contribution >= 4 is 11.9 Å². The van der Waals surface area contributed by atoms with E-state index in [1.807, 2.05) is 70.5 Å². The van der Waals surface area contributed by atoms with Gasteiger partial charge in [0, 0.05) is 76.6 Å². The molecular weight excluding hydrogens is 547 g/mol. The van der Waals surface area contributed by atoms with Crippen molar-refractivity contribution in [3.63, 3.8) is 0 Å². The largest absolute Gasteiger partial charge is 0.490 e. The predicted molar refractivity (Wildman–Crippen MR) is 162 cm³/mol. The van der Waals surface area contributed by atoms with Crippen LogP contribution < -0.4 is 9.64 Å². The van der Waals surface area contributed by atoms with Crippen molar-refractivity contribution in [1.82, 2.24) is 24.6 Å². The molecule has 4 heterocycles. The highest BCUT2D eigenvalue weighted by Gasteiger charge is 2.29. The molecule has 2 aromatic carbocycles. The molecule has 2 aromatic heterocycles. The first-order valence-corrected chi connectivity index (χ1v) is 14.9. The first kappa shape index (κ1) is 28.7. The topological polar surface area (TPSA) is 76.0 Å². The molecule has 0 radical (unpaired) electrons. The molecule has 9 nitrogen and oxygen atoms in total. The number of hydrogen-bond donors (Lipinski definition) is 0. The predicted octanol–water partition coefficient (Wildman–Crippen LogP) is 5.30. The number of carbonyl (C=O) groups excluding carboxylic acids is 1. The van der Waals surface area contributed by atoms with E-state index in [-0.39, 0.29) is 30.7 Å². The minimum atomic E-state index is -0.289. The lowest BCUT2D eigenvalue weighted by atomic mass is 10.1. The summed E-state index contributed by atoms with van der Waals surface area (Å²) in [6, 6.07) is 22.1. The van der Waals surface area contributed by atoms with Gasteiger partial charge in [-0.2, -0.15) is 5.10 Å². The Morgan fingerprint density at radius 3 is 2.60 bits per heavy atom. The molecule has 0 spiro atoms. The molecule has 224 valence electrons. The molecule has 1 amide bonds. The summed E-state index contributed by atoms with van der Waals surface area (Å²) in [6.45, 7) is 6.72. The first-order chi connectivity index (χ1) is 21.0. The fraction of sp³-hybridized carbons (Fsp3) is 0.364. The second-order valence-corrected chi connectivity index (χ2v) is 11.2. The quantitative estimate of drug-likeness (QED) is 0.278. The summed E-state index contributed by atoms with van der Waals surface area (Å²) >= 11 is 0. The van der Waals surface area contributed by atoms with E-state index in [1.54, 1.807) is 12.1 Å². The van der Waals surface area contributed by atoms with Crippen molar-refractivity contribution in [2.45, 2.75) is 45.1 Å². The van der Waals surface area contributed by atoms with E-state index in [2.05, 4.69) is 16.7 Å². The minimum Gasteiger partial charge on any atom is -0.490 e. The Bertz CT molecular complexity index is 1510. The molecule has 2 aliphatic heterocycles. The Morgan fingerprint density at radius 2 is 1.81 bits per heavy atom. The highest BCUT2D eigenvalue weighted by atomic mass is 19.1. The van der Waals surface area contributed by atoms with Crippen LogP contribution in [0.2, 0.25) is 0 Å². The van der Waals surface area contributed by atoms with Crippen LogP contribution in [-0.4, -0.2) is 75.5 Å². The van der Waals surface area contributed by atoms with Crippen LogP contribution in [0.3, 0.4) is 0 Å². The van der Waals surface area contributed by atoms with Crippen LogP contribution in [-0.2, 0) is 17.9 Å². The van der Waals surface area contributed by atoms with Crippen LogP contribution in [0.4, 0.5) is 15.0 Å². The van der Waals surface area contributed by atoms with Gasteiger partial charge >= 0.3 is 6.09 Å². The Morgan fingerprint density at radius 1 is 0.977 bits per heavy atom. The van der Waals surface area contributed by atoms with Gasteiger partial charge in [0.15, 0.2) is 5.82 Å². The summed E-state index contributed by atoms with van der Waals surface area (Å²) in [5.74, 6) is 1.17. The van der Waals surface area contributed by atoms with Crippen LogP contribution >= 0.6 is 0 Å². The number of amides is 1. The summed E-state index contributed by atoms with van der Waals surface area (Å²) < 4.78 is 27.0. The van der Waals surface area contributed by atoms with E-state index >= 15 is 0 Å². The maximum Gasteiger partial charge on any atom is 0.410 e. The van der Waals surface area contributed by atoms with E-state index in [4.69, 9.17) is 19.6 Å². The zero-order chi connectivity index (χ0) is 29.6. The maximum absolute atomic E-state index is 13.6. The van der Waals surface area contributed by atoms with E-state index in [0.717, 1.165) is 61.8 Å². The lowest BCUT2D eigenvalue weighted by molar-refractivity contribution is 0.0455. The zero-order valence-electron chi connectivity index (χ0n) is 24.4. The van der Waals surface area contributed by atoms with Gasteiger partial charge < -0.3 is 19.3 Å². The van der Waals surface area contributed by atoms with Gasteiger partial charge in [0.1, 0.15) is 30.0 Å². The van der Waals surface area contributed by atoms with Crippen LogP contribution in [0, 0.1) is 5.82 Å². The Kier molecular flexibility index (Phi) is 8.83. The van der Waals surface area contributed by atoms with Crippen molar-refractivity contribution < 1.29 is 18.7 Å². The number of piperidine rings is 1. The van der Waals surface area contributed by atoms with Crippen molar-refractivity contribution in [3.8, 4) is 11.4 Å². The number of nitrogens with zero attached hydrogens (tertiary/aromatic N) is 6. The number of piperazine rings is 1. The Hall–Kier alpha value is -4.44. The average molecular weight is 585 g/mol. The lowest BCUT2D eigenvalue weighted by Crippen LogP contribution is -2.53. The maximum atomic E-state index is 13.6. The molecule has 0 unspecified atom stereocenters. The van der Waals surface area contributed by atoms with Gasteiger partial charge in [0.25, 0.3) is 0 Å². The second-order valence-electron chi connectivity index (χ2n) is 11.2. The molecule has 0 aliphatic carbocycles. The number of pyridine rings is 1.